The van der Waals surface area contributed by atoms with Crippen molar-refractivity contribution in [2.24, 2.45) is 0 Å². The van der Waals surface area contributed by atoms with Crippen LogP contribution in [-0.4, -0.2) is 0 Å². The molecule has 0 amide bonds. The number of anilines is 3. The smallest absolute Gasteiger partial charge is 0.143 e. The van der Waals surface area contributed by atoms with E-state index in [0.717, 1.165) is 44.4 Å². The molecule has 0 fully saturated rings. The first-order valence-corrected chi connectivity index (χ1v) is 20.9. The van der Waals surface area contributed by atoms with Gasteiger partial charge in [0.25, 0.3) is 0 Å². The molecule has 2 aromatic heterocycles. The third kappa shape index (κ3) is 5.62. The van der Waals surface area contributed by atoms with Crippen LogP contribution in [0.4, 0.5) is 17.1 Å². The van der Waals surface area contributed by atoms with Crippen molar-refractivity contribution in [1.29, 1.82) is 0 Å². The monoisotopic (exact) mass is 769 g/mol. The zero-order valence-electron chi connectivity index (χ0n) is 32.0. The minimum atomic E-state index is 0.869. The van der Waals surface area contributed by atoms with Gasteiger partial charge < -0.3 is 9.32 Å². The quantitative estimate of drug-likeness (QED) is 0.167. The lowest BCUT2D eigenvalue weighted by molar-refractivity contribution is 0.672. The summed E-state index contributed by atoms with van der Waals surface area (Å²) < 4.78 is 9.32. The summed E-state index contributed by atoms with van der Waals surface area (Å²) in [5, 5.41) is 9.64. The van der Waals surface area contributed by atoms with E-state index >= 15 is 0 Å². The second-order valence-electron chi connectivity index (χ2n) is 15.3. The van der Waals surface area contributed by atoms with E-state index in [9.17, 15) is 0 Å². The SMILES string of the molecule is c1cc(-c2ccc(N(c3ccc(-c4ccc5c(c4)sc4ccccc45)cc3)c3cccc4oc5c6ccccc6ccc5c34)cc2)cc(-c2cccc3ccccc23)c1. The van der Waals surface area contributed by atoms with Crippen LogP contribution >= 0.6 is 11.3 Å². The zero-order valence-corrected chi connectivity index (χ0v) is 32.8. The Kier molecular flexibility index (Phi) is 7.75. The lowest BCUT2D eigenvalue weighted by atomic mass is 9.95. The molecule has 12 aromatic rings. The molecule has 10 aromatic carbocycles. The number of fused-ring (bicyclic) bond motifs is 9. The van der Waals surface area contributed by atoms with Crippen LogP contribution in [-0.2, 0) is 0 Å². The van der Waals surface area contributed by atoms with Crippen molar-refractivity contribution in [3.63, 3.8) is 0 Å². The molecule has 0 radical (unpaired) electrons. The average Bonchev–Trinajstić information content (AvgIpc) is 3.88. The first kappa shape index (κ1) is 33.7. The van der Waals surface area contributed by atoms with E-state index < -0.39 is 0 Å². The Labute approximate surface area is 345 Å². The highest BCUT2D eigenvalue weighted by atomic mass is 32.1. The Balaban J connectivity index is 0.978. The minimum absolute atomic E-state index is 0.869. The molecule has 276 valence electrons. The number of rotatable bonds is 6. The standard InChI is InChI=1S/C56H35NOS/c1-3-15-45-38(10-1)12-8-18-46(45)42-14-7-13-40(34-42)36-22-28-43(29-23-36)57(51-19-9-20-52-55(51)50-33-26-39-11-2-4-16-47(39)56(50)58-52)44-30-24-37(25-31-44)41-27-32-49-48-17-5-6-21-53(48)59-54(49)35-41/h1-35H. The maximum Gasteiger partial charge on any atom is 0.143 e. The highest BCUT2D eigenvalue weighted by molar-refractivity contribution is 7.25. The maximum atomic E-state index is 6.69. The highest BCUT2D eigenvalue weighted by Crippen LogP contribution is 2.45. The van der Waals surface area contributed by atoms with Gasteiger partial charge in [-0.1, -0.05) is 152 Å². The Bertz CT molecular complexity index is 3550. The van der Waals surface area contributed by atoms with Crippen molar-refractivity contribution in [3.8, 4) is 33.4 Å². The second-order valence-corrected chi connectivity index (χ2v) is 16.3. The van der Waals surface area contributed by atoms with Crippen molar-refractivity contribution >= 4 is 92.1 Å². The van der Waals surface area contributed by atoms with Crippen molar-refractivity contribution in [3.05, 3.63) is 212 Å². The second kappa shape index (κ2) is 13.6. The number of nitrogens with zero attached hydrogens (tertiary/aromatic N) is 1. The molecule has 0 aliphatic heterocycles. The van der Waals surface area contributed by atoms with Gasteiger partial charge in [0.1, 0.15) is 11.2 Å². The van der Waals surface area contributed by atoms with Crippen molar-refractivity contribution in [2.75, 3.05) is 4.90 Å². The fraction of sp³-hybridized carbons (Fsp3) is 0. The molecular formula is C56H35NOS. The lowest BCUT2D eigenvalue weighted by Gasteiger charge is -2.26. The highest BCUT2D eigenvalue weighted by Gasteiger charge is 2.21. The van der Waals surface area contributed by atoms with Gasteiger partial charge in [0.2, 0.25) is 0 Å². The molecule has 12 rings (SSSR count). The lowest BCUT2D eigenvalue weighted by Crippen LogP contribution is -2.10. The molecule has 3 heteroatoms. The molecule has 0 saturated heterocycles. The normalized spacial score (nSPS) is 11.7. The molecule has 0 bridgehead atoms. The number of thiophene rings is 1. The minimum Gasteiger partial charge on any atom is -0.455 e. The molecule has 0 saturated carbocycles. The van der Waals surface area contributed by atoms with Crippen molar-refractivity contribution < 1.29 is 4.42 Å². The number of benzene rings is 10. The summed E-state index contributed by atoms with van der Waals surface area (Å²) in [6.45, 7) is 0. The van der Waals surface area contributed by atoms with Gasteiger partial charge in [-0.3, -0.25) is 0 Å². The van der Waals surface area contributed by atoms with Crippen LogP contribution in [0.25, 0.3) is 97.0 Å². The van der Waals surface area contributed by atoms with E-state index in [1.165, 1.54) is 69.7 Å². The van der Waals surface area contributed by atoms with Gasteiger partial charge >= 0.3 is 0 Å². The largest absolute Gasteiger partial charge is 0.455 e. The summed E-state index contributed by atoms with van der Waals surface area (Å²) >= 11 is 1.86. The third-order valence-corrected chi connectivity index (χ3v) is 13.0. The molecule has 0 spiro atoms. The van der Waals surface area contributed by atoms with Gasteiger partial charge in [-0.15, -0.1) is 11.3 Å². The molecular weight excluding hydrogens is 735 g/mol. The summed E-state index contributed by atoms with van der Waals surface area (Å²) in [6, 6.07) is 76.9. The summed E-state index contributed by atoms with van der Waals surface area (Å²) in [7, 11) is 0. The Morgan fingerprint density at radius 2 is 0.932 bits per heavy atom. The molecule has 59 heavy (non-hydrogen) atoms. The molecule has 2 heterocycles. The van der Waals surface area contributed by atoms with E-state index in [2.05, 4.69) is 217 Å². The Hall–Kier alpha value is -7.46. The molecule has 0 aliphatic rings. The molecule has 0 unspecified atom stereocenters. The summed E-state index contributed by atoms with van der Waals surface area (Å²) in [6.07, 6.45) is 0. The Morgan fingerprint density at radius 3 is 1.73 bits per heavy atom. The van der Waals surface area contributed by atoms with Crippen LogP contribution < -0.4 is 4.90 Å². The number of furan rings is 1. The maximum absolute atomic E-state index is 6.69. The van der Waals surface area contributed by atoms with Gasteiger partial charge in [-0.2, -0.15) is 0 Å². The van der Waals surface area contributed by atoms with Crippen LogP contribution in [0, 0.1) is 0 Å². The van der Waals surface area contributed by atoms with E-state index in [0.29, 0.717) is 0 Å². The van der Waals surface area contributed by atoms with E-state index in [-0.39, 0.29) is 0 Å². The number of hydrogen-bond donors (Lipinski definition) is 0. The van der Waals surface area contributed by atoms with Crippen LogP contribution in [0.1, 0.15) is 0 Å². The average molecular weight is 770 g/mol. The van der Waals surface area contributed by atoms with E-state index in [1.807, 2.05) is 11.3 Å². The predicted molar refractivity (Wildman–Crippen MR) is 253 cm³/mol. The van der Waals surface area contributed by atoms with Crippen LogP contribution in [0.15, 0.2) is 217 Å². The van der Waals surface area contributed by atoms with Crippen LogP contribution in [0.3, 0.4) is 0 Å². The van der Waals surface area contributed by atoms with Gasteiger partial charge in [0, 0.05) is 42.3 Å². The molecule has 0 atom stereocenters. The Morgan fingerprint density at radius 1 is 0.356 bits per heavy atom. The van der Waals surface area contributed by atoms with Crippen LogP contribution in [0.5, 0.6) is 0 Å². The van der Waals surface area contributed by atoms with Crippen molar-refractivity contribution in [2.45, 2.75) is 0 Å². The summed E-state index contributed by atoms with van der Waals surface area (Å²) in [4.78, 5) is 2.38. The summed E-state index contributed by atoms with van der Waals surface area (Å²) in [5.41, 5.74) is 12.2. The third-order valence-electron chi connectivity index (χ3n) is 11.9. The molecule has 2 nitrogen and oxygen atoms in total. The first-order valence-electron chi connectivity index (χ1n) is 20.1. The summed E-state index contributed by atoms with van der Waals surface area (Å²) in [5.74, 6) is 0. The topological polar surface area (TPSA) is 16.4 Å². The zero-order chi connectivity index (χ0) is 38.9. The fourth-order valence-electron chi connectivity index (χ4n) is 9.00. The van der Waals surface area contributed by atoms with Crippen molar-refractivity contribution in [1.82, 2.24) is 0 Å². The van der Waals surface area contributed by atoms with Gasteiger partial charge in [-0.25, -0.2) is 0 Å². The predicted octanol–water partition coefficient (Wildman–Crippen LogP) is 16.7. The first-order chi connectivity index (χ1) is 29.2. The van der Waals surface area contributed by atoms with Crippen LogP contribution in [0.2, 0.25) is 0 Å². The van der Waals surface area contributed by atoms with Gasteiger partial charge in [0.05, 0.1) is 11.1 Å². The number of hydrogen-bond acceptors (Lipinski definition) is 3. The molecule has 0 aliphatic carbocycles. The van der Waals surface area contributed by atoms with E-state index in [1.54, 1.807) is 0 Å². The van der Waals surface area contributed by atoms with Gasteiger partial charge in [-0.05, 0) is 110 Å². The molecule has 0 N–H and O–H groups in total. The fourth-order valence-corrected chi connectivity index (χ4v) is 10.1. The van der Waals surface area contributed by atoms with Gasteiger partial charge in [0.15, 0.2) is 0 Å². The van der Waals surface area contributed by atoms with E-state index in [4.69, 9.17) is 4.42 Å².